The molecule has 0 saturated heterocycles. The number of benzene rings is 2. The Hall–Kier alpha value is -3.01. The van der Waals surface area contributed by atoms with E-state index in [4.69, 9.17) is 10.00 Å². The second-order valence-electron chi connectivity index (χ2n) is 7.74. The number of hydrogen-bond acceptors (Lipinski definition) is 8. The molecule has 4 rings (SSSR count). The number of halogens is 2. The van der Waals surface area contributed by atoms with E-state index in [9.17, 15) is 14.3 Å². The molecule has 0 amide bonds. The van der Waals surface area contributed by atoms with Crippen LogP contribution in [-0.2, 0) is 21.7 Å². The van der Waals surface area contributed by atoms with Crippen LogP contribution in [-0.4, -0.2) is 32.3 Å². The normalized spacial score (nSPS) is 13.3. The molecule has 2 aromatic carbocycles. The molecule has 0 aliphatic carbocycles. The van der Waals surface area contributed by atoms with Crippen molar-refractivity contribution < 1.29 is 53.0 Å². The summed E-state index contributed by atoms with van der Waals surface area (Å²) in [4.78, 5) is 20.5. The van der Waals surface area contributed by atoms with Crippen molar-refractivity contribution in [3.05, 3.63) is 89.1 Å². The third-order valence-electron chi connectivity index (χ3n) is 5.59. The van der Waals surface area contributed by atoms with Crippen LogP contribution in [0.4, 0.5) is 8.78 Å². The molecule has 0 N–H and O–H groups in total. The summed E-state index contributed by atoms with van der Waals surface area (Å²) >= 11 is 1.31. The summed E-state index contributed by atoms with van der Waals surface area (Å²) < 4.78 is 36.1. The van der Waals surface area contributed by atoms with Crippen molar-refractivity contribution in [2.45, 2.75) is 25.0 Å². The van der Waals surface area contributed by atoms with Crippen LogP contribution in [0, 0.1) is 23.0 Å². The van der Waals surface area contributed by atoms with Crippen molar-refractivity contribution >= 4 is 17.3 Å². The Kier molecular flexibility index (Phi) is 9.05. The summed E-state index contributed by atoms with van der Waals surface area (Å²) in [5.74, 6) is -3.90. The molecule has 8 nitrogen and oxygen atoms in total. The van der Waals surface area contributed by atoms with Crippen molar-refractivity contribution in [1.82, 2.24) is 19.7 Å². The maximum Gasteiger partial charge on any atom is 1.00 e. The minimum atomic E-state index is -1.65. The monoisotopic (exact) mass is 517 g/mol. The van der Waals surface area contributed by atoms with E-state index in [0.29, 0.717) is 16.6 Å². The Morgan fingerprint density at radius 1 is 1.28 bits per heavy atom. The van der Waals surface area contributed by atoms with E-state index in [1.165, 1.54) is 34.7 Å². The molecule has 0 unspecified atom stereocenters. The summed E-state index contributed by atoms with van der Waals surface area (Å²) in [6.07, 6.45) is 4.30. The number of carbonyl (C=O) groups is 1. The van der Waals surface area contributed by atoms with E-state index in [-0.39, 0.29) is 41.7 Å². The molecule has 4 aromatic rings. The van der Waals surface area contributed by atoms with Gasteiger partial charge in [-0.1, -0.05) is 25.1 Å². The van der Waals surface area contributed by atoms with Crippen molar-refractivity contribution in [3.63, 3.8) is 0 Å². The zero-order valence-electron chi connectivity index (χ0n) is 19.4. The van der Waals surface area contributed by atoms with Crippen molar-refractivity contribution in [1.29, 1.82) is 5.26 Å². The number of carboxylic acids is 1. The van der Waals surface area contributed by atoms with E-state index in [0.717, 1.165) is 16.5 Å². The largest absolute Gasteiger partial charge is 1.00 e. The van der Waals surface area contributed by atoms with E-state index in [2.05, 4.69) is 21.1 Å². The van der Waals surface area contributed by atoms with Gasteiger partial charge in [0.2, 0.25) is 0 Å². The van der Waals surface area contributed by atoms with Crippen LogP contribution in [0.25, 0.3) is 10.4 Å². The SMILES string of the molecule is C[C@@H](c1ncc(-c2ccc(C#N)cc2)s1)[C@@](Cn1cncn1)(OCC(=O)[O-])c1ccc(F)cc1F.[Na+]. The van der Waals surface area contributed by atoms with Crippen LogP contribution >= 0.6 is 11.3 Å². The van der Waals surface area contributed by atoms with Gasteiger partial charge < -0.3 is 14.6 Å². The molecule has 0 fully saturated rings. The number of nitriles is 1. The molecule has 0 aliphatic heterocycles. The van der Waals surface area contributed by atoms with Crippen molar-refractivity contribution in [2.75, 3.05) is 6.61 Å². The fraction of sp³-hybridized carbons (Fsp3) is 0.208. The number of carboxylic acid groups (broad SMARTS) is 1. The zero-order chi connectivity index (χ0) is 25.0. The van der Waals surface area contributed by atoms with Crippen LogP contribution in [0.5, 0.6) is 0 Å². The molecular weight excluding hydrogens is 499 g/mol. The van der Waals surface area contributed by atoms with Crippen LogP contribution in [0.1, 0.15) is 29.0 Å². The predicted octanol–water partition coefficient (Wildman–Crippen LogP) is 0.0212. The topological polar surface area (TPSA) is 117 Å². The number of rotatable bonds is 9. The Morgan fingerprint density at radius 3 is 2.64 bits per heavy atom. The van der Waals surface area contributed by atoms with Crippen LogP contribution in [0.2, 0.25) is 0 Å². The fourth-order valence-electron chi connectivity index (χ4n) is 3.81. The van der Waals surface area contributed by atoms with Gasteiger partial charge in [-0.25, -0.2) is 23.4 Å². The van der Waals surface area contributed by atoms with Crippen LogP contribution in [0.15, 0.2) is 61.3 Å². The van der Waals surface area contributed by atoms with Gasteiger partial charge in [0.05, 0.1) is 40.6 Å². The van der Waals surface area contributed by atoms with Crippen LogP contribution in [0.3, 0.4) is 0 Å². The van der Waals surface area contributed by atoms with Gasteiger partial charge in [-0.15, -0.1) is 11.3 Å². The molecule has 2 heterocycles. The fourth-order valence-corrected chi connectivity index (χ4v) is 4.87. The number of aromatic nitrogens is 4. The first-order valence-electron chi connectivity index (χ1n) is 10.4. The smallest absolute Gasteiger partial charge is 0.548 e. The Morgan fingerprint density at radius 2 is 2.03 bits per heavy atom. The predicted molar refractivity (Wildman–Crippen MR) is 120 cm³/mol. The van der Waals surface area contributed by atoms with E-state index in [1.54, 1.807) is 37.4 Å². The second-order valence-corrected chi connectivity index (χ2v) is 8.80. The molecule has 36 heavy (non-hydrogen) atoms. The third kappa shape index (κ3) is 5.86. The Labute approximate surface area is 231 Å². The third-order valence-corrected chi connectivity index (χ3v) is 6.82. The van der Waals surface area contributed by atoms with Crippen molar-refractivity contribution in [2.24, 2.45) is 0 Å². The molecule has 0 bridgehead atoms. The number of carbonyl (C=O) groups excluding carboxylic acids is 1. The molecule has 0 spiro atoms. The number of nitrogens with zero attached hydrogens (tertiary/aromatic N) is 5. The quantitative estimate of drug-likeness (QED) is 0.288. The van der Waals surface area contributed by atoms with Gasteiger partial charge in [-0.2, -0.15) is 10.4 Å². The molecule has 0 aliphatic rings. The summed E-state index contributed by atoms with van der Waals surface area (Å²) in [6, 6.07) is 12.0. The van der Waals surface area contributed by atoms with Gasteiger partial charge >= 0.3 is 29.6 Å². The molecule has 12 heteroatoms. The molecule has 2 atom stereocenters. The minimum Gasteiger partial charge on any atom is -0.548 e. The van der Waals surface area contributed by atoms with Gasteiger partial charge in [0, 0.05) is 23.7 Å². The van der Waals surface area contributed by atoms with E-state index < -0.39 is 35.7 Å². The van der Waals surface area contributed by atoms with E-state index in [1.807, 2.05) is 0 Å². The maximum absolute atomic E-state index is 15.1. The number of ether oxygens (including phenoxy) is 1. The van der Waals surface area contributed by atoms with Gasteiger partial charge in [0.15, 0.2) is 0 Å². The Balaban J connectivity index is 0.00000361. The summed E-state index contributed by atoms with van der Waals surface area (Å²) in [7, 11) is 0. The molecule has 0 saturated carbocycles. The van der Waals surface area contributed by atoms with Gasteiger partial charge in [-0.05, 0) is 23.8 Å². The first-order valence-corrected chi connectivity index (χ1v) is 11.2. The number of aliphatic carboxylic acids is 1. The summed E-state index contributed by atoms with van der Waals surface area (Å²) in [5, 5.41) is 25.0. The molecular formula is C24H18F2N5NaO3S. The number of thiazole rings is 1. The molecule has 2 aromatic heterocycles. The summed E-state index contributed by atoms with van der Waals surface area (Å²) in [5.41, 5.74) is -0.365. The average Bonchev–Trinajstić information content (AvgIpc) is 3.54. The van der Waals surface area contributed by atoms with Gasteiger partial charge in [0.1, 0.15) is 29.9 Å². The molecule has 178 valence electrons. The Bertz CT molecular complexity index is 1380. The molecule has 0 radical (unpaired) electrons. The van der Waals surface area contributed by atoms with E-state index >= 15 is 4.39 Å². The first-order chi connectivity index (χ1) is 16.8. The standard InChI is InChI=1S/C24H19F2N5O3S.Na/c1-15(23-29-10-21(35-23)17-4-2-16(9-27)3-5-17)24(34-11-22(32)33,12-31-14-28-13-30-31)19-7-6-18(25)8-20(19)26;/h2-8,10,13-15H,11-12H2,1H3,(H,32,33);/q;+1/p-1/t15-,24+;/m0./s1. The zero-order valence-corrected chi connectivity index (χ0v) is 22.2. The summed E-state index contributed by atoms with van der Waals surface area (Å²) in [6.45, 7) is 0.746. The van der Waals surface area contributed by atoms with Gasteiger partial charge in [0.25, 0.3) is 0 Å². The minimum absolute atomic E-state index is 0. The average molecular weight is 517 g/mol. The second kappa shape index (κ2) is 11.8. The van der Waals surface area contributed by atoms with Gasteiger partial charge in [-0.3, -0.25) is 0 Å². The number of hydrogen-bond donors (Lipinski definition) is 0. The maximum atomic E-state index is 15.1. The first kappa shape index (κ1) is 27.6. The van der Waals surface area contributed by atoms with Crippen molar-refractivity contribution in [3.8, 4) is 16.5 Å². The van der Waals surface area contributed by atoms with Crippen LogP contribution < -0.4 is 34.7 Å².